The minimum absolute atomic E-state index is 0. The van der Waals surface area contributed by atoms with Crippen molar-refractivity contribution in [2.75, 3.05) is 19.7 Å². The summed E-state index contributed by atoms with van der Waals surface area (Å²) in [6.07, 6.45) is 1.93. The van der Waals surface area contributed by atoms with Crippen molar-refractivity contribution in [1.82, 2.24) is 10.6 Å². The first kappa shape index (κ1) is 19.3. The van der Waals surface area contributed by atoms with Crippen molar-refractivity contribution in [3.63, 3.8) is 0 Å². The number of carbonyl (C=O) groups excluding carboxylic acids is 1. The van der Waals surface area contributed by atoms with E-state index in [4.69, 9.17) is 4.74 Å². The Morgan fingerprint density at radius 1 is 1.20 bits per heavy atom. The minimum atomic E-state index is -0.0919. The van der Waals surface area contributed by atoms with Gasteiger partial charge in [-0.15, -0.1) is 12.4 Å². The molecular weight excluding hydrogens is 336 g/mol. The first-order chi connectivity index (χ1) is 11.8. The fourth-order valence-electron chi connectivity index (χ4n) is 3.12. The van der Waals surface area contributed by atoms with Crippen LogP contribution in [0.1, 0.15) is 29.7 Å². The van der Waals surface area contributed by atoms with Gasteiger partial charge in [-0.05, 0) is 42.1 Å². The second-order valence-electron chi connectivity index (χ2n) is 6.01. The highest BCUT2D eigenvalue weighted by Gasteiger charge is 2.19. The summed E-state index contributed by atoms with van der Waals surface area (Å²) in [5, 5.41) is 6.44. The van der Waals surface area contributed by atoms with E-state index in [0.29, 0.717) is 6.54 Å². The number of aryl methyl sites for hydroxylation is 1. The molecule has 1 aliphatic rings. The molecule has 2 aromatic rings. The summed E-state index contributed by atoms with van der Waals surface area (Å²) < 4.78 is 5.67. The van der Waals surface area contributed by atoms with Crippen molar-refractivity contribution in [3.8, 4) is 5.75 Å². The first-order valence-corrected chi connectivity index (χ1v) is 8.56. The van der Waals surface area contributed by atoms with Crippen LogP contribution in [0.5, 0.6) is 5.75 Å². The van der Waals surface area contributed by atoms with E-state index in [9.17, 15) is 4.79 Å². The molecule has 2 N–H and O–H groups in total. The van der Waals surface area contributed by atoms with Gasteiger partial charge in [0.25, 0.3) is 5.91 Å². The number of amides is 1. The lowest BCUT2D eigenvalue weighted by atomic mass is 9.94. The number of carbonyl (C=O) groups is 1. The topological polar surface area (TPSA) is 50.4 Å². The van der Waals surface area contributed by atoms with Gasteiger partial charge >= 0.3 is 0 Å². The lowest BCUT2D eigenvalue weighted by molar-refractivity contribution is -0.123. The number of hydrogen-bond donors (Lipinski definition) is 2. The Hall–Kier alpha value is -2.04. The zero-order valence-electron chi connectivity index (χ0n) is 14.5. The number of fused-ring (bicyclic) bond motifs is 1. The molecule has 3 rings (SSSR count). The molecule has 0 bridgehead atoms. The molecule has 134 valence electrons. The largest absolute Gasteiger partial charge is 0.483 e. The molecule has 0 saturated carbocycles. The predicted molar refractivity (Wildman–Crippen MR) is 102 cm³/mol. The van der Waals surface area contributed by atoms with Crippen LogP contribution in [-0.2, 0) is 17.6 Å². The number of halogens is 1. The van der Waals surface area contributed by atoms with Crippen molar-refractivity contribution in [2.24, 2.45) is 0 Å². The maximum absolute atomic E-state index is 12.1. The third-order valence-electron chi connectivity index (χ3n) is 4.43. The first-order valence-electron chi connectivity index (χ1n) is 8.56. The number of nitrogens with one attached hydrogen (secondary N) is 2. The molecule has 25 heavy (non-hydrogen) atoms. The zero-order chi connectivity index (χ0) is 16.8. The maximum atomic E-state index is 12.1. The van der Waals surface area contributed by atoms with Crippen molar-refractivity contribution in [1.29, 1.82) is 0 Å². The molecular formula is C20H25ClN2O2. The standard InChI is InChI=1S/C20H24N2O2.ClH/c1-2-15-7-4-6-10-19(15)24-14-20(23)22-13-18-17-9-5-3-8-16(17)11-12-21-18;/h3-10,18,21H,2,11-14H2,1H3,(H,22,23);1H. The normalized spacial score (nSPS) is 15.6. The summed E-state index contributed by atoms with van der Waals surface area (Å²) >= 11 is 0. The number of hydrogen-bond acceptors (Lipinski definition) is 3. The molecule has 0 aromatic heterocycles. The van der Waals surface area contributed by atoms with E-state index < -0.39 is 0 Å². The van der Waals surface area contributed by atoms with Crippen LogP contribution in [0, 0.1) is 0 Å². The molecule has 0 aliphatic carbocycles. The number of ether oxygens (including phenoxy) is 1. The summed E-state index contributed by atoms with van der Waals surface area (Å²) in [4.78, 5) is 12.1. The molecule has 0 radical (unpaired) electrons. The zero-order valence-corrected chi connectivity index (χ0v) is 15.3. The van der Waals surface area contributed by atoms with Crippen LogP contribution >= 0.6 is 12.4 Å². The summed E-state index contributed by atoms with van der Waals surface area (Å²) in [5.41, 5.74) is 3.76. The van der Waals surface area contributed by atoms with Crippen molar-refractivity contribution in [2.45, 2.75) is 25.8 Å². The Balaban J connectivity index is 0.00000225. The Bertz CT molecular complexity index is 706. The molecule has 2 aromatic carbocycles. The molecule has 4 nitrogen and oxygen atoms in total. The van der Waals surface area contributed by atoms with Crippen LogP contribution in [0.15, 0.2) is 48.5 Å². The van der Waals surface area contributed by atoms with Gasteiger partial charge in [0.1, 0.15) is 5.75 Å². The van der Waals surface area contributed by atoms with E-state index in [0.717, 1.165) is 30.7 Å². The van der Waals surface area contributed by atoms with Crippen LogP contribution in [0.2, 0.25) is 0 Å². The molecule has 1 atom stereocenters. The van der Waals surface area contributed by atoms with Gasteiger partial charge in [-0.2, -0.15) is 0 Å². The van der Waals surface area contributed by atoms with E-state index in [1.165, 1.54) is 11.1 Å². The molecule has 5 heteroatoms. The average Bonchev–Trinajstić information content (AvgIpc) is 2.64. The Morgan fingerprint density at radius 3 is 2.80 bits per heavy atom. The third-order valence-corrected chi connectivity index (χ3v) is 4.43. The van der Waals surface area contributed by atoms with Crippen molar-refractivity contribution >= 4 is 18.3 Å². The van der Waals surface area contributed by atoms with E-state index in [1.807, 2.05) is 30.3 Å². The highest BCUT2D eigenvalue weighted by molar-refractivity contribution is 5.85. The van der Waals surface area contributed by atoms with Gasteiger partial charge in [-0.1, -0.05) is 49.4 Å². The lowest BCUT2D eigenvalue weighted by Crippen LogP contribution is -2.40. The van der Waals surface area contributed by atoms with Gasteiger partial charge in [0.15, 0.2) is 6.61 Å². The quantitative estimate of drug-likeness (QED) is 0.832. The maximum Gasteiger partial charge on any atom is 0.258 e. The summed E-state index contributed by atoms with van der Waals surface area (Å²) in [6, 6.07) is 16.4. The third kappa shape index (κ3) is 4.97. The Kier molecular flexibility index (Phi) is 7.29. The van der Waals surface area contributed by atoms with Crippen LogP contribution in [-0.4, -0.2) is 25.6 Å². The molecule has 0 fully saturated rings. The number of para-hydroxylation sites is 1. The minimum Gasteiger partial charge on any atom is -0.483 e. The fraction of sp³-hybridized carbons (Fsp3) is 0.350. The predicted octanol–water partition coefficient (Wildman–Crippen LogP) is 3.05. The highest BCUT2D eigenvalue weighted by atomic mass is 35.5. The molecule has 0 saturated heterocycles. The average molecular weight is 361 g/mol. The van der Waals surface area contributed by atoms with Gasteiger partial charge in [-0.25, -0.2) is 0 Å². The number of rotatable bonds is 6. The number of benzene rings is 2. The van der Waals surface area contributed by atoms with E-state index in [2.05, 4.69) is 35.8 Å². The van der Waals surface area contributed by atoms with Crippen molar-refractivity contribution in [3.05, 3.63) is 65.2 Å². The van der Waals surface area contributed by atoms with E-state index in [-0.39, 0.29) is 31.0 Å². The van der Waals surface area contributed by atoms with Gasteiger partial charge in [0.05, 0.1) is 0 Å². The Morgan fingerprint density at radius 2 is 1.96 bits per heavy atom. The molecule has 1 aliphatic heterocycles. The summed E-state index contributed by atoms with van der Waals surface area (Å²) in [7, 11) is 0. The highest BCUT2D eigenvalue weighted by Crippen LogP contribution is 2.22. The van der Waals surface area contributed by atoms with Crippen LogP contribution in [0.4, 0.5) is 0 Å². The fourth-order valence-corrected chi connectivity index (χ4v) is 3.12. The van der Waals surface area contributed by atoms with Crippen LogP contribution in [0.3, 0.4) is 0 Å². The smallest absolute Gasteiger partial charge is 0.258 e. The van der Waals surface area contributed by atoms with E-state index in [1.54, 1.807) is 0 Å². The molecule has 0 spiro atoms. The second kappa shape index (κ2) is 9.44. The summed E-state index contributed by atoms with van der Waals surface area (Å²) in [6.45, 7) is 3.65. The summed E-state index contributed by atoms with van der Waals surface area (Å²) in [5.74, 6) is 0.696. The van der Waals surface area contributed by atoms with Crippen molar-refractivity contribution < 1.29 is 9.53 Å². The SMILES string of the molecule is CCc1ccccc1OCC(=O)NCC1NCCc2ccccc21.Cl. The van der Waals surface area contributed by atoms with Gasteiger partial charge < -0.3 is 15.4 Å². The molecule has 1 heterocycles. The molecule has 1 unspecified atom stereocenters. The van der Waals surface area contributed by atoms with Crippen LogP contribution < -0.4 is 15.4 Å². The van der Waals surface area contributed by atoms with Gasteiger partial charge in [0.2, 0.25) is 0 Å². The van der Waals surface area contributed by atoms with Crippen LogP contribution in [0.25, 0.3) is 0 Å². The van der Waals surface area contributed by atoms with Gasteiger partial charge in [0, 0.05) is 12.6 Å². The van der Waals surface area contributed by atoms with Gasteiger partial charge in [-0.3, -0.25) is 4.79 Å². The lowest BCUT2D eigenvalue weighted by Gasteiger charge is -2.27. The van der Waals surface area contributed by atoms with E-state index >= 15 is 0 Å². The Labute approximate surface area is 155 Å². The second-order valence-corrected chi connectivity index (χ2v) is 6.01. The monoisotopic (exact) mass is 360 g/mol. The molecule has 1 amide bonds.